The first-order valence-electron chi connectivity index (χ1n) is 5.56. The Morgan fingerprint density at radius 2 is 1.85 bits per heavy atom. The Morgan fingerprint density at radius 1 is 1.15 bits per heavy atom. The fourth-order valence-corrected chi connectivity index (χ4v) is 4.41. The number of benzene rings is 2. The number of methoxy groups -OCH3 is 1. The van der Waals surface area contributed by atoms with Crippen LogP contribution in [0, 0.1) is 3.57 Å². The summed E-state index contributed by atoms with van der Waals surface area (Å²) in [5, 5.41) is 0.271. The molecule has 0 amide bonds. The summed E-state index contributed by atoms with van der Waals surface area (Å²) in [4.78, 5) is 0. The molecule has 0 aliphatic rings. The van der Waals surface area contributed by atoms with Crippen molar-refractivity contribution in [3.05, 3.63) is 59.0 Å². The normalized spacial score (nSPS) is 12.3. The van der Waals surface area contributed by atoms with Crippen LogP contribution in [0.15, 0.2) is 39.3 Å². The number of halogens is 5. The van der Waals surface area contributed by atoms with Crippen molar-refractivity contribution in [1.82, 2.24) is 0 Å². The van der Waals surface area contributed by atoms with Crippen molar-refractivity contribution in [2.24, 2.45) is 0 Å². The SMILES string of the molecule is COc1c(Br)cc(Cl)cc1C(Cl)c1cc(Br)ccc1I. The van der Waals surface area contributed by atoms with E-state index >= 15 is 0 Å². The Balaban J connectivity index is 2.58. The Morgan fingerprint density at radius 3 is 2.50 bits per heavy atom. The number of hydrogen-bond donors (Lipinski definition) is 0. The third kappa shape index (κ3) is 3.64. The standard InChI is InChI=1S/C14H9Br2Cl2IO/c1-20-14-10(5-8(17)6-11(14)16)13(18)9-4-7(15)2-3-12(9)19/h2-6,13H,1H3. The summed E-state index contributed by atoms with van der Waals surface area (Å²) in [5.41, 5.74) is 1.85. The van der Waals surface area contributed by atoms with Crippen LogP contribution >= 0.6 is 77.7 Å². The van der Waals surface area contributed by atoms with Gasteiger partial charge in [0, 0.05) is 18.6 Å². The molecule has 0 N–H and O–H groups in total. The monoisotopic (exact) mass is 548 g/mol. The van der Waals surface area contributed by atoms with E-state index in [-0.39, 0.29) is 5.38 Å². The number of hydrogen-bond acceptors (Lipinski definition) is 1. The highest BCUT2D eigenvalue weighted by Crippen LogP contribution is 2.42. The van der Waals surface area contributed by atoms with Crippen LogP contribution in [0.3, 0.4) is 0 Å². The van der Waals surface area contributed by atoms with Crippen LogP contribution in [0.2, 0.25) is 5.02 Å². The number of rotatable bonds is 3. The van der Waals surface area contributed by atoms with Gasteiger partial charge >= 0.3 is 0 Å². The van der Waals surface area contributed by atoms with Crippen LogP contribution < -0.4 is 4.74 Å². The van der Waals surface area contributed by atoms with E-state index in [0.29, 0.717) is 10.8 Å². The van der Waals surface area contributed by atoms with Crippen LogP contribution in [0.25, 0.3) is 0 Å². The van der Waals surface area contributed by atoms with Gasteiger partial charge in [0.1, 0.15) is 5.75 Å². The molecule has 0 heterocycles. The number of alkyl halides is 1. The molecule has 2 rings (SSSR count). The summed E-state index contributed by atoms with van der Waals surface area (Å²) in [6.07, 6.45) is 0. The molecule has 0 radical (unpaired) electrons. The van der Waals surface area contributed by atoms with Crippen molar-refractivity contribution in [3.63, 3.8) is 0 Å². The first-order chi connectivity index (χ1) is 9.43. The van der Waals surface area contributed by atoms with E-state index in [1.54, 1.807) is 13.2 Å². The van der Waals surface area contributed by atoms with Gasteiger partial charge in [0.25, 0.3) is 0 Å². The number of ether oxygens (including phenoxy) is 1. The zero-order valence-corrected chi connectivity index (χ0v) is 17.1. The van der Waals surface area contributed by atoms with Crippen LogP contribution in [0.4, 0.5) is 0 Å². The fraction of sp³-hybridized carbons (Fsp3) is 0.143. The highest BCUT2D eigenvalue weighted by Gasteiger charge is 2.21. The lowest BCUT2D eigenvalue weighted by atomic mass is 10.0. The molecular weight excluding hydrogens is 542 g/mol. The zero-order chi connectivity index (χ0) is 14.9. The van der Waals surface area contributed by atoms with Gasteiger partial charge < -0.3 is 4.74 Å². The van der Waals surface area contributed by atoms with Crippen molar-refractivity contribution in [2.75, 3.05) is 7.11 Å². The Bertz CT molecular complexity index is 649. The molecule has 1 unspecified atom stereocenters. The molecular formula is C14H9Br2Cl2IO. The molecule has 0 spiro atoms. The summed E-state index contributed by atoms with van der Waals surface area (Å²) >= 11 is 22.0. The van der Waals surface area contributed by atoms with Gasteiger partial charge in [0.05, 0.1) is 17.0 Å². The lowest BCUT2D eigenvalue weighted by Crippen LogP contribution is -2.00. The molecule has 0 saturated carbocycles. The second kappa shape index (κ2) is 7.18. The summed E-state index contributed by atoms with van der Waals surface area (Å²) in [6, 6.07) is 9.63. The maximum absolute atomic E-state index is 6.65. The minimum absolute atomic E-state index is 0.343. The van der Waals surface area contributed by atoms with Gasteiger partial charge in [-0.1, -0.05) is 27.5 Å². The predicted molar refractivity (Wildman–Crippen MR) is 100 cm³/mol. The molecule has 0 aromatic heterocycles. The van der Waals surface area contributed by atoms with Crippen molar-refractivity contribution in [2.45, 2.75) is 5.38 Å². The molecule has 0 aliphatic heterocycles. The Kier molecular flexibility index (Phi) is 6.06. The van der Waals surface area contributed by atoms with E-state index in [9.17, 15) is 0 Å². The molecule has 1 atom stereocenters. The van der Waals surface area contributed by atoms with Crippen molar-refractivity contribution in [3.8, 4) is 5.75 Å². The van der Waals surface area contributed by atoms with E-state index in [1.165, 1.54) is 0 Å². The molecule has 20 heavy (non-hydrogen) atoms. The molecule has 2 aromatic rings. The van der Waals surface area contributed by atoms with Crippen molar-refractivity contribution in [1.29, 1.82) is 0 Å². The second-order valence-electron chi connectivity index (χ2n) is 4.04. The van der Waals surface area contributed by atoms with E-state index in [1.807, 2.05) is 24.3 Å². The smallest absolute Gasteiger partial charge is 0.138 e. The van der Waals surface area contributed by atoms with Gasteiger partial charge in [-0.2, -0.15) is 0 Å². The average Bonchev–Trinajstić information content (AvgIpc) is 2.40. The highest BCUT2D eigenvalue weighted by atomic mass is 127. The minimum Gasteiger partial charge on any atom is -0.495 e. The van der Waals surface area contributed by atoms with Gasteiger partial charge in [0.15, 0.2) is 0 Å². The molecule has 1 nitrogen and oxygen atoms in total. The summed E-state index contributed by atoms with van der Waals surface area (Å²) in [5.74, 6) is 0.699. The second-order valence-corrected chi connectivity index (χ2v) is 7.84. The minimum atomic E-state index is -0.343. The zero-order valence-electron chi connectivity index (χ0n) is 10.3. The van der Waals surface area contributed by atoms with Gasteiger partial charge in [0.2, 0.25) is 0 Å². The van der Waals surface area contributed by atoms with Crippen LogP contribution in [-0.4, -0.2) is 7.11 Å². The van der Waals surface area contributed by atoms with Gasteiger partial charge in [-0.05, 0) is 74.4 Å². The lowest BCUT2D eigenvalue weighted by Gasteiger charge is -2.17. The highest BCUT2D eigenvalue weighted by molar-refractivity contribution is 14.1. The third-order valence-electron chi connectivity index (χ3n) is 2.75. The van der Waals surface area contributed by atoms with Crippen molar-refractivity contribution < 1.29 is 4.74 Å². The quantitative estimate of drug-likeness (QED) is 0.301. The summed E-state index contributed by atoms with van der Waals surface area (Å²) < 4.78 is 8.30. The van der Waals surface area contributed by atoms with Gasteiger partial charge in [-0.25, -0.2) is 0 Å². The van der Waals surface area contributed by atoms with Crippen LogP contribution in [0.1, 0.15) is 16.5 Å². The molecule has 2 aromatic carbocycles. The maximum atomic E-state index is 6.65. The van der Waals surface area contributed by atoms with E-state index in [2.05, 4.69) is 54.5 Å². The average molecular weight is 551 g/mol. The molecule has 0 aliphatic carbocycles. The molecule has 6 heteroatoms. The Labute approximate surface area is 158 Å². The lowest BCUT2D eigenvalue weighted by molar-refractivity contribution is 0.407. The predicted octanol–water partition coefficient (Wildman–Crippen LogP) is 6.81. The molecule has 0 fully saturated rings. The summed E-state index contributed by atoms with van der Waals surface area (Å²) in [7, 11) is 1.62. The van der Waals surface area contributed by atoms with Crippen LogP contribution in [-0.2, 0) is 0 Å². The Hall–Kier alpha value is 0.510. The van der Waals surface area contributed by atoms with E-state index in [4.69, 9.17) is 27.9 Å². The largest absolute Gasteiger partial charge is 0.495 e. The van der Waals surface area contributed by atoms with Crippen molar-refractivity contribution >= 4 is 77.7 Å². The fourth-order valence-electron chi connectivity index (χ4n) is 1.86. The molecule has 0 saturated heterocycles. The first kappa shape index (κ1) is 16.9. The topological polar surface area (TPSA) is 9.23 Å². The van der Waals surface area contributed by atoms with Crippen LogP contribution in [0.5, 0.6) is 5.75 Å². The van der Waals surface area contributed by atoms with E-state index in [0.717, 1.165) is 23.6 Å². The summed E-state index contributed by atoms with van der Waals surface area (Å²) in [6.45, 7) is 0. The van der Waals surface area contributed by atoms with Gasteiger partial charge in [-0.15, -0.1) is 11.6 Å². The van der Waals surface area contributed by atoms with E-state index < -0.39 is 0 Å². The molecule has 0 bridgehead atoms. The third-order valence-corrected chi connectivity index (χ3v) is 5.50. The first-order valence-corrected chi connectivity index (χ1v) is 9.04. The molecule has 106 valence electrons. The maximum Gasteiger partial charge on any atom is 0.138 e. The van der Waals surface area contributed by atoms with Gasteiger partial charge in [-0.3, -0.25) is 0 Å².